The molecule has 2 rings (SSSR count). The van der Waals surface area contributed by atoms with E-state index in [1.807, 2.05) is 49.4 Å². The second-order valence-electron chi connectivity index (χ2n) is 7.91. The van der Waals surface area contributed by atoms with Gasteiger partial charge >= 0.3 is 5.97 Å². The van der Waals surface area contributed by atoms with Crippen molar-refractivity contribution in [2.24, 2.45) is 0 Å². The molecular weight excluding hydrogens is 406 g/mol. The van der Waals surface area contributed by atoms with Gasteiger partial charge in [-0.05, 0) is 55.4 Å². The van der Waals surface area contributed by atoms with Crippen LogP contribution in [0.2, 0.25) is 0 Å². The number of carboxylic acids is 1. The Balaban J connectivity index is 1.86. The van der Waals surface area contributed by atoms with E-state index in [1.54, 1.807) is 17.3 Å². The Morgan fingerprint density at radius 3 is 2.38 bits per heavy atom. The van der Waals surface area contributed by atoms with Crippen molar-refractivity contribution < 1.29 is 19.5 Å². The van der Waals surface area contributed by atoms with E-state index in [-0.39, 0.29) is 24.8 Å². The van der Waals surface area contributed by atoms with E-state index in [9.17, 15) is 19.5 Å². The SMILES string of the molecule is CCCN(CC(=O)N[C@H](CCc1ccccc1)CC(=O)O)C(=O)CCCc1ccncc1. The monoisotopic (exact) mass is 439 g/mol. The van der Waals surface area contributed by atoms with E-state index in [1.165, 1.54) is 0 Å². The van der Waals surface area contributed by atoms with E-state index in [0.29, 0.717) is 32.2 Å². The van der Waals surface area contributed by atoms with Crippen LogP contribution in [0.4, 0.5) is 0 Å². The molecule has 0 saturated heterocycles. The lowest BCUT2D eigenvalue weighted by atomic mass is 10.0. The van der Waals surface area contributed by atoms with Gasteiger partial charge in [-0.25, -0.2) is 0 Å². The minimum Gasteiger partial charge on any atom is -0.481 e. The molecule has 0 aliphatic carbocycles. The summed E-state index contributed by atoms with van der Waals surface area (Å²) in [5, 5.41) is 12.0. The molecule has 0 fully saturated rings. The van der Waals surface area contributed by atoms with Gasteiger partial charge in [0.05, 0.1) is 13.0 Å². The lowest BCUT2D eigenvalue weighted by Gasteiger charge is -2.24. The quantitative estimate of drug-likeness (QED) is 0.471. The van der Waals surface area contributed by atoms with Crippen LogP contribution in [0.25, 0.3) is 0 Å². The molecule has 2 aromatic rings. The van der Waals surface area contributed by atoms with Crippen LogP contribution in [0.15, 0.2) is 54.9 Å². The molecule has 0 spiro atoms. The molecule has 1 aromatic carbocycles. The van der Waals surface area contributed by atoms with Gasteiger partial charge in [0.2, 0.25) is 11.8 Å². The van der Waals surface area contributed by atoms with Crippen molar-refractivity contribution in [2.75, 3.05) is 13.1 Å². The fraction of sp³-hybridized carbons (Fsp3) is 0.440. The topological polar surface area (TPSA) is 99.6 Å². The third-order valence-electron chi connectivity index (χ3n) is 5.20. The maximum absolute atomic E-state index is 12.7. The zero-order chi connectivity index (χ0) is 23.2. The summed E-state index contributed by atoms with van der Waals surface area (Å²) < 4.78 is 0. The number of amides is 2. The first-order valence-electron chi connectivity index (χ1n) is 11.2. The largest absolute Gasteiger partial charge is 0.481 e. The van der Waals surface area contributed by atoms with E-state index in [2.05, 4.69) is 10.3 Å². The fourth-order valence-electron chi connectivity index (χ4n) is 3.58. The van der Waals surface area contributed by atoms with Gasteiger partial charge in [0.15, 0.2) is 0 Å². The Morgan fingerprint density at radius 1 is 1.03 bits per heavy atom. The number of nitrogens with zero attached hydrogens (tertiary/aromatic N) is 2. The molecule has 2 N–H and O–H groups in total. The fourth-order valence-corrected chi connectivity index (χ4v) is 3.58. The maximum Gasteiger partial charge on any atom is 0.305 e. The van der Waals surface area contributed by atoms with Gasteiger partial charge < -0.3 is 15.3 Å². The maximum atomic E-state index is 12.7. The Kier molecular flexibility index (Phi) is 10.9. The normalized spacial score (nSPS) is 11.5. The summed E-state index contributed by atoms with van der Waals surface area (Å²) in [6.45, 7) is 2.40. The highest BCUT2D eigenvalue weighted by Crippen LogP contribution is 2.09. The van der Waals surface area contributed by atoms with Gasteiger partial charge in [-0.15, -0.1) is 0 Å². The second kappa shape index (κ2) is 14.0. The average molecular weight is 440 g/mol. The highest BCUT2D eigenvalue weighted by Gasteiger charge is 2.20. The van der Waals surface area contributed by atoms with Gasteiger partial charge in [-0.3, -0.25) is 19.4 Å². The summed E-state index contributed by atoms with van der Waals surface area (Å²) in [5.41, 5.74) is 2.22. The first-order chi connectivity index (χ1) is 15.5. The Bertz CT molecular complexity index is 843. The number of nitrogens with one attached hydrogen (secondary N) is 1. The zero-order valence-electron chi connectivity index (χ0n) is 18.7. The van der Waals surface area contributed by atoms with Crippen LogP contribution in [0, 0.1) is 0 Å². The predicted molar refractivity (Wildman–Crippen MR) is 123 cm³/mol. The summed E-state index contributed by atoms with van der Waals surface area (Å²) in [7, 11) is 0. The number of carboxylic acid groups (broad SMARTS) is 1. The summed E-state index contributed by atoms with van der Waals surface area (Å²) in [6.07, 6.45) is 7.10. The number of pyridine rings is 1. The molecule has 1 atom stereocenters. The van der Waals surface area contributed by atoms with E-state index in [0.717, 1.165) is 24.0 Å². The molecule has 0 bridgehead atoms. The standard InChI is InChI=1S/C25H33N3O4/c1-2-17-28(24(30)10-6-9-21-13-15-26-16-14-21)19-23(29)27-22(18-25(31)32)12-11-20-7-4-3-5-8-20/h3-5,7-8,13-16,22H,2,6,9-12,17-19H2,1H3,(H,27,29)(H,31,32)/t22-/m1/s1. The van der Waals surface area contributed by atoms with Gasteiger partial charge in [0, 0.05) is 31.4 Å². The molecule has 0 radical (unpaired) electrons. The summed E-state index contributed by atoms with van der Waals surface area (Å²) in [6, 6.07) is 13.1. The number of hydrogen-bond acceptors (Lipinski definition) is 4. The summed E-state index contributed by atoms with van der Waals surface area (Å²) >= 11 is 0. The van der Waals surface area contributed by atoms with Crippen molar-refractivity contribution in [3.63, 3.8) is 0 Å². The number of aliphatic carboxylic acids is 1. The molecule has 172 valence electrons. The molecule has 0 aliphatic heterocycles. The van der Waals surface area contributed by atoms with E-state index in [4.69, 9.17) is 0 Å². The molecule has 32 heavy (non-hydrogen) atoms. The van der Waals surface area contributed by atoms with E-state index >= 15 is 0 Å². The number of hydrogen-bond donors (Lipinski definition) is 2. The number of benzene rings is 1. The van der Waals surface area contributed by atoms with Crippen LogP contribution in [-0.4, -0.2) is 51.9 Å². The molecule has 2 amide bonds. The van der Waals surface area contributed by atoms with Gasteiger partial charge in [0.25, 0.3) is 0 Å². The smallest absolute Gasteiger partial charge is 0.305 e. The predicted octanol–water partition coefficient (Wildman–Crippen LogP) is 3.24. The van der Waals surface area contributed by atoms with Gasteiger partial charge in [-0.2, -0.15) is 0 Å². The Morgan fingerprint density at radius 2 is 1.72 bits per heavy atom. The van der Waals surface area contributed by atoms with Crippen molar-refractivity contribution in [2.45, 2.75) is 57.9 Å². The van der Waals surface area contributed by atoms with E-state index < -0.39 is 12.0 Å². The number of aromatic nitrogens is 1. The van der Waals surface area contributed by atoms with Crippen molar-refractivity contribution >= 4 is 17.8 Å². The van der Waals surface area contributed by atoms with Crippen LogP contribution in [-0.2, 0) is 27.2 Å². The summed E-state index contributed by atoms with van der Waals surface area (Å²) in [4.78, 5) is 42.1. The number of rotatable bonds is 14. The molecule has 7 nitrogen and oxygen atoms in total. The highest BCUT2D eigenvalue weighted by atomic mass is 16.4. The Labute approximate surface area is 189 Å². The molecule has 1 aromatic heterocycles. The Hall–Kier alpha value is -3.22. The number of carbonyl (C=O) groups excluding carboxylic acids is 2. The van der Waals surface area contributed by atoms with Crippen LogP contribution in [0.5, 0.6) is 0 Å². The second-order valence-corrected chi connectivity index (χ2v) is 7.91. The minimum atomic E-state index is -0.957. The van der Waals surface area contributed by atoms with Crippen LogP contribution >= 0.6 is 0 Å². The molecule has 1 heterocycles. The molecule has 0 saturated carbocycles. The lowest BCUT2D eigenvalue weighted by molar-refractivity contribution is -0.139. The molecule has 0 aliphatic rings. The van der Waals surface area contributed by atoms with Crippen LogP contribution in [0.3, 0.4) is 0 Å². The molecular formula is C25H33N3O4. The minimum absolute atomic E-state index is 0.0522. The van der Waals surface area contributed by atoms with Crippen LogP contribution < -0.4 is 5.32 Å². The van der Waals surface area contributed by atoms with Crippen molar-refractivity contribution in [1.29, 1.82) is 0 Å². The summed E-state index contributed by atoms with van der Waals surface area (Å²) in [5.74, 6) is -1.34. The van der Waals surface area contributed by atoms with Gasteiger partial charge in [-0.1, -0.05) is 37.3 Å². The third-order valence-corrected chi connectivity index (χ3v) is 5.20. The first-order valence-corrected chi connectivity index (χ1v) is 11.2. The third kappa shape index (κ3) is 9.73. The zero-order valence-corrected chi connectivity index (χ0v) is 18.7. The van der Waals surface area contributed by atoms with Gasteiger partial charge in [0.1, 0.15) is 0 Å². The van der Waals surface area contributed by atoms with Crippen molar-refractivity contribution in [3.8, 4) is 0 Å². The average Bonchev–Trinajstić information content (AvgIpc) is 2.78. The number of aryl methyl sites for hydroxylation is 2. The van der Waals surface area contributed by atoms with Crippen molar-refractivity contribution in [1.82, 2.24) is 15.2 Å². The van der Waals surface area contributed by atoms with Crippen LogP contribution in [0.1, 0.15) is 50.2 Å². The molecule has 0 unspecified atom stereocenters. The lowest BCUT2D eigenvalue weighted by Crippen LogP contribution is -2.45. The number of carbonyl (C=O) groups is 3. The highest BCUT2D eigenvalue weighted by molar-refractivity contribution is 5.85. The molecule has 7 heteroatoms. The van der Waals surface area contributed by atoms with Crippen molar-refractivity contribution in [3.05, 3.63) is 66.0 Å². The first kappa shape index (κ1) is 25.0.